The first-order valence-electron chi connectivity index (χ1n) is 6.10. The lowest BCUT2D eigenvalue weighted by molar-refractivity contribution is -0.141. The highest BCUT2D eigenvalue weighted by Crippen LogP contribution is 2.09. The summed E-state index contributed by atoms with van der Waals surface area (Å²) in [5.74, 6) is -0.449. The number of ether oxygens (including phenoxy) is 1. The Morgan fingerprint density at radius 2 is 2.00 bits per heavy atom. The maximum atomic E-state index is 11.8. The molecule has 0 aliphatic heterocycles. The first kappa shape index (κ1) is 15.0. The summed E-state index contributed by atoms with van der Waals surface area (Å²) in [6.45, 7) is 2.34. The van der Waals surface area contributed by atoms with E-state index in [0.717, 1.165) is 11.1 Å². The van der Waals surface area contributed by atoms with Gasteiger partial charge in [-0.2, -0.15) is 0 Å². The molecule has 0 aliphatic rings. The lowest BCUT2D eigenvalue weighted by Gasteiger charge is -2.13. The van der Waals surface area contributed by atoms with Gasteiger partial charge in [-0.3, -0.25) is 9.59 Å². The van der Waals surface area contributed by atoms with Gasteiger partial charge in [0.25, 0.3) is 0 Å². The Balaban J connectivity index is 2.55. The van der Waals surface area contributed by atoms with E-state index in [9.17, 15) is 9.59 Å². The molecule has 0 spiro atoms. The number of methoxy groups -OCH3 is 1. The van der Waals surface area contributed by atoms with Crippen molar-refractivity contribution in [3.05, 3.63) is 41.5 Å². The summed E-state index contributed by atoms with van der Waals surface area (Å²) in [5.41, 5.74) is 2.13. The lowest BCUT2D eigenvalue weighted by atomic mass is 10.1. The van der Waals surface area contributed by atoms with Crippen molar-refractivity contribution in [3.63, 3.8) is 0 Å². The molecule has 0 aliphatic carbocycles. The number of hydrogen-bond acceptors (Lipinski definition) is 3. The number of aryl methyl sites for hydroxylation is 1. The Morgan fingerprint density at radius 3 is 2.63 bits per heavy atom. The van der Waals surface area contributed by atoms with Gasteiger partial charge in [0, 0.05) is 19.7 Å². The highest BCUT2D eigenvalue weighted by molar-refractivity contribution is 5.92. The standard InChI is InChI=1S/C15H19NO3/c1-12-6-4-5-7-13(12)8-9-14(17)16(2)11-10-15(18)19-3/h4-9H,10-11H2,1-3H3. The van der Waals surface area contributed by atoms with Gasteiger partial charge in [-0.1, -0.05) is 24.3 Å². The minimum Gasteiger partial charge on any atom is -0.469 e. The smallest absolute Gasteiger partial charge is 0.307 e. The van der Waals surface area contributed by atoms with Crippen LogP contribution in [0.5, 0.6) is 0 Å². The molecule has 0 saturated heterocycles. The van der Waals surface area contributed by atoms with Gasteiger partial charge in [0.2, 0.25) is 5.91 Å². The van der Waals surface area contributed by atoms with Crippen molar-refractivity contribution >= 4 is 18.0 Å². The van der Waals surface area contributed by atoms with Crippen molar-refractivity contribution in [2.45, 2.75) is 13.3 Å². The van der Waals surface area contributed by atoms with Crippen LogP contribution < -0.4 is 0 Å². The van der Waals surface area contributed by atoms with Crippen molar-refractivity contribution in [1.29, 1.82) is 0 Å². The van der Waals surface area contributed by atoms with E-state index in [2.05, 4.69) is 4.74 Å². The van der Waals surface area contributed by atoms with E-state index in [-0.39, 0.29) is 18.3 Å². The van der Waals surface area contributed by atoms with Gasteiger partial charge >= 0.3 is 5.97 Å². The molecule has 0 N–H and O–H groups in total. The largest absolute Gasteiger partial charge is 0.469 e. The highest BCUT2D eigenvalue weighted by atomic mass is 16.5. The molecule has 0 aromatic heterocycles. The van der Waals surface area contributed by atoms with Crippen LogP contribution in [0.4, 0.5) is 0 Å². The molecule has 4 nitrogen and oxygen atoms in total. The molecule has 0 atom stereocenters. The zero-order valence-corrected chi connectivity index (χ0v) is 11.6. The third-order valence-electron chi connectivity index (χ3n) is 2.85. The average molecular weight is 261 g/mol. The topological polar surface area (TPSA) is 46.6 Å². The number of nitrogens with zero attached hydrogens (tertiary/aromatic N) is 1. The monoisotopic (exact) mass is 261 g/mol. The summed E-state index contributed by atoms with van der Waals surface area (Å²) in [5, 5.41) is 0. The van der Waals surface area contributed by atoms with E-state index in [4.69, 9.17) is 0 Å². The van der Waals surface area contributed by atoms with E-state index in [1.165, 1.54) is 18.1 Å². The number of amides is 1. The van der Waals surface area contributed by atoms with Crippen LogP contribution in [0, 0.1) is 6.92 Å². The summed E-state index contributed by atoms with van der Waals surface area (Å²) in [4.78, 5) is 24.3. The number of likely N-dealkylation sites (N-methyl/N-ethyl adjacent to an activating group) is 1. The minimum atomic E-state index is -0.317. The molecule has 102 valence electrons. The number of carbonyl (C=O) groups excluding carboxylic acids is 2. The molecule has 19 heavy (non-hydrogen) atoms. The van der Waals surface area contributed by atoms with Crippen LogP contribution in [-0.2, 0) is 14.3 Å². The molecule has 0 unspecified atom stereocenters. The van der Waals surface area contributed by atoms with Crippen LogP contribution in [0.15, 0.2) is 30.3 Å². The molecule has 0 heterocycles. The summed E-state index contributed by atoms with van der Waals surface area (Å²) in [6.07, 6.45) is 3.50. The molecule has 1 aromatic rings. The van der Waals surface area contributed by atoms with Crippen LogP contribution >= 0.6 is 0 Å². The Bertz CT molecular complexity index is 480. The van der Waals surface area contributed by atoms with Gasteiger partial charge in [-0.15, -0.1) is 0 Å². The molecule has 1 amide bonds. The average Bonchev–Trinajstić information content (AvgIpc) is 2.43. The van der Waals surface area contributed by atoms with Crippen molar-refractivity contribution in [3.8, 4) is 0 Å². The van der Waals surface area contributed by atoms with E-state index >= 15 is 0 Å². The van der Waals surface area contributed by atoms with Gasteiger partial charge in [-0.05, 0) is 24.1 Å². The fraction of sp³-hybridized carbons (Fsp3) is 0.333. The lowest BCUT2D eigenvalue weighted by Crippen LogP contribution is -2.27. The normalized spacial score (nSPS) is 10.5. The van der Waals surface area contributed by atoms with Gasteiger partial charge < -0.3 is 9.64 Å². The van der Waals surface area contributed by atoms with Crippen molar-refractivity contribution in [2.75, 3.05) is 20.7 Å². The second kappa shape index (κ2) is 7.36. The summed E-state index contributed by atoms with van der Waals surface area (Å²) >= 11 is 0. The quantitative estimate of drug-likeness (QED) is 0.602. The molecular weight excluding hydrogens is 242 g/mol. The van der Waals surface area contributed by atoms with E-state index in [1.54, 1.807) is 13.1 Å². The predicted molar refractivity (Wildman–Crippen MR) is 74.5 cm³/mol. The molecular formula is C15H19NO3. The predicted octanol–water partition coefficient (Wildman–Crippen LogP) is 2.03. The van der Waals surface area contributed by atoms with E-state index < -0.39 is 0 Å². The number of hydrogen-bond donors (Lipinski definition) is 0. The number of carbonyl (C=O) groups is 2. The third kappa shape index (κ3) is 4.95. The molecule has 0 fully saturated rings. The Morgan fingerprint density at radius 1 is 1.32 bits per heavy atom. The van der Waals surface area contributed by atoms with Crippen molar-refractivity contribution in [2.24, 2.45) is 0 Å². The van der Waals surface area contributed by atoms with Crippen molar-refractivity contribution < 1.29 is 14.3 Å². The molecule has 1 rings (SSSR count). The molecule has 0 saturated carbocycles. The maximum Gasteiger partial charge on any atom is 0.307 e. The Labute approximate surface area is 113 Å². The van der Waals surface area contributed by atoms with Crippen LogP contribution in [0.1, 0.15) is 17.5 Å². The molecule has 0 bridgehead atoms. The number of rotatable bonds is 5. The highest BCUT2D eigenvalue weighted by Gasteiger charge is 2.08. The maximum absolute atomic E-state index is 11.8. The third-order valence-corrected chi connectivity index (χ3v) is 2.85. The second-order valence-electron chi connectivity index (χ2n) is 4.28. The van der Waals surface area contributed by atoms with Crippen LogP contribution in [0.25, 0.3) is 6.08 Å². The van der Waals surface area contributed by atoms with Crippen LogP contribution in [-0.4, -0.2) is 37.5 Å². The van der Waals surface area contributed by atoms with Crippen LogP contribution in [0.3, 0.4) is 0 Å². The summed E-state index contributed by atoms with van der Waals surface area (Å²) in [6, 6.07) is 7.83. The summed E-state index contributed by atoms with van der Waals surface area (Å²) < 4.78 is 4.53. The van der Waals surface area contributed by atoms with Gasteiger partial charge in [0.05, 0.1) is 13.5 Å². The molecule has 4 heteroatoms. The fourth-order valence-corrected chi connectivity index (χ4v) is 1.53. The fourth-order valence-electron chi connectivity index (χ4n) is 1.53. The van der Waals surface area contributed by atoms with Crippen LogP contribution in [0.2, 0.25) is 0 Å². The zero-order chi connectivity index (χ0) is 14.3. The first-order chi connectivity index (χ1) is 9.04. The molecule has 0 radical (unpaired) electrons. The van der Waals surface area contributed by atoms with Gasteiger partial charge in [0.1, 0.15) is 0 Å². The Hall–Kier alpha value is -2.10. The minimum absolute atomic E-state index is 0.132. The Kier molecular flexibility index (Phi) is 5.79. The van der Waals surface area contributed by atoms with E-state index in [0.29, 0.717) is 6.54 Å². The van der Waals surface area contributed by atoms with Gasteiger partial charge in [0.15, 0.2) is 0 Å². The molecule has 1 aromatic carbocycles. The first-order valence-corrected chi connectivity index (χ1v) is 6.10. The second-order valence-corrected chi connectivity index (χ2v) is 4.28. The van der Waals surface area contributed by atoms with Gasteiger partial charge in [-0.25, -0.2) is 0 Å². The SMILES string of the molecule is COC(=O)CCN(C)C(=O)C=Cc1ccccc1C. The van der Waals surface area contributed by atoms with E-state index in [1.807, 2.05) is 31.2 Å². The summed E-state index contributed by atoms with van der Waals surface area (Å²) in [7, 11) is 3.00. The zero-order valence-electron chi connectivity index (χ0n) is 11.6. The van der Waals surface area contributed by atoms with Crippen molar-refractivity contribution in [1.82, 2.24) is 4.90 Å². The number of benzene rings is 1. The number of esters is 1.